The van der Waals surface area contributed by atoms with Crippen LogP contribution in [0.25, 0.3) is 22.2 Å². The lowest BCUT2D eigenvalue weighted by molar-refractivity contribution is -0.142. The van der Waals surface area contributed by atoms with Crippen LogP contribution in [-0.2, 0) is 32.5 Å². The minimum atomic E-state index is -3.23. The quantitative estimate of drug-likeness (QED) is 0.151. The van der Waals surface area contributed by atoms with Gasteiger partial charge in [0.25, 0.3) is 0 Å². The highest BCUT2D eigenvalue weighted by Crippen LogP contribution is 2.33. The van der Waals surface area contributed by atoms with Gasteiger partial charge in [-0.3, -0.25) is 9.69 Å². The van der Waals surface area contributed by atoms with Gasteiger partial charge in [0, 0.05) is 29.4 Å². The fourth-order valence-corrected chi connectivity index (χ4v) is 5.35. The summed E-state index contributed by atoms with van der Waals surface area (Å²) in [5, 5.41) is 4.39. The Labute approximate surface area is 264 Å². The number of hydrogen-bond acceptors (Lipinski definition) is 10. The number of furan rings is 1. The largest absolute Gasteiger partial charge is 0.487 e. The third-order valence-electron chi connectivity index (χ3n) is 6.80. The Morgan fingerprint density at radius 1 is 1.07 bits per heavy atom. The van der Waals surface area contributed by atoms with Crippen molar-refractivity contribution in [3.8, 4) is 17.1 Å². The van der Waals surface area contributed by atoms with Crippen molar-refractivity contribution in [3.63, 3.8) is 0 Å². The van der Waals surface area contributed by atoms with Crippen LogP contribution in [0.3, 0.4) is 0 Å². The molecule has 0 atom stereocenters. The van der Waals surface area contributed by atoms with E-state index in [0.717, 1.165) is 17.2 Å². The van der Waals surface area contributed by atoms with E-state index < -0.39 is 15.8 Å². The van der Waals surface area contributed by atoms with Crippen LogP contribution < -0.4 is 10.1 Å². The van der Waals surface area contributed by atoms with Crippen LogP contribution in [0.15, 0.2) is 83.5 Å². The minimum absolute atomic E-state index is 0.0749. The monoisotopic (exact) mass is 652 g/mol. The number of carbonyl (C=O) groups is 1. The second-order valence-electron chi connectivity index (χ2n) is 10.3. The standard InChI is InChI=1S/C32H30ClFN4O6S/c1-42-31(39)18-38(12-13-45(2,40)41)17-25-8-11-29(44-25)22-6-9-28-26(15-22)32(36-20-35-28)37-24-7-10-30(27(33)16-24)43-19-21-4-3-5-23(34)14-21/h3-11,14-16,20H,12-13,17-19H2,1-2H3,(H,35,36,37). The Morgan fingerprint density at radius 2 is 1.91 bits per heavy atom. The van der Waals surface area contributed by atoms with Crippen molar-refractivity contribution in [2.24, 2.45) is 0 Å². The zero-order chi connectivity index (χ0) is 32.0. The van der Waals surface area contributed by atoms with Crippen LogP contribution in [0.1, 0.15) is 11.3 Å². The first-order valence-corrected chi connectivity index (χ1v) is 16.2. The number of rotatable bonds is 13. The molecule has 5 aromatic rings. The summed E-state index contributed by atoms with van der Waals surface area (Å²) < 4.78 is 53.5. The highest BCUT2D eigenvalue weighted by molar-refractivity contribution is 7.90. The molecule has 0 bridgehead atoms. The van der Waals surface area contributed by atoms with Crippen molar-refractivity contribution >= 4 is 49.8 Å². The Balaban J connectivity index is 1.32. The number of aromatic nitrogens is 2. The van der Waals surface area contributed by atoms with E-state index in [0.29, 0.717) is 44.9 Å². The molecule has 0 fully saturated rings. The molecule has 0 unspecified atom stereocenters. The Bertz CT molecular complexity index is 1930. The normalized spacial score (nSPS) is 11.6. The predicted octanol–water partition coefficient (Wildman–Crippen LogP) is 6.02. The first kappa shape index (κ1) is 31.9. The number of hydrogen-bond donors (Lipinski definition) is 1. The van der Waals surface area contributed by atoms with E-state index >= 15 is 0 Å². The summed E-state index contributed by atoms with van der Waals surface area (Å²) in [7, 11) is -1.94. The van der Waals surface area contributed by atoms with Crippen LogP contribution in [0.5, 0.6) is 5.75 Å². The second-order valence-corrected chi connectivity index (χ2v) is 13.0. The van der Waals surface area contributed by atoms with Crippen LogP contribution in [0.2, 0.25) is 5.02 Å². The van der Waals surface area contributed by atoms with Crippen LogP contribution in [0, 0.1) is 5.82 Å². The lowest BCUT2D eigenvalue weighted by Crippen LogP contribution is -2.33. The van der Waals surface area contributed by atoms with Gasteiger partial charge >= 0.3 is 5.97 Å². The first-order chi connectivity index (χ1) is 21.6. The molecule has 45 heavy (non-hydrogen) atoms. The van der Waals surface area contributed by atoms with Crippen molar-refractivity contribution in [1.29, 1.82) is 0 Å². The minimum Gasteiger partial charge on any atom is -0.487 e. The van der Waals surface area contributed by atoms with Gasteiger partial charge in [-0.15, -0.1) is 0 Å². The number of fused-ring (bicyclic) bond motifs is 1. The van der Waals surface area contributed by atoms with E-state index in [1.165, 1.54) is 25.6 Å². The first-order valence-electron chi connectivity index (χ1n) is 13.8. The van der Waals surface area contributed by atoms with Gasteiger partial charge in [0.1, 0.15) is 51.7 Å². The molecule has 13 heteroatoms. The van der Waals surface area contributed by atoms with Gasteiger partial charge in [0.15, 0.2) is 0 Å². The highest BCUT2D eigenvalue weighted by atomic mass is 35.5. The number of halogens is 2. The van der Waals surface area contributed by atoms with Crippen LogP contribution in [-0.4, -0.2) is 61.5 Å². The molecule has 3 aromatic carbocycles. The molecule has 2 aromatic heterocycles. The number of carbonyl (C=O) groups excluding carboxylic acids is 1. The van der Waals surface area contributed by atoms with E-state index in [4.69, 9.17) is 25.5 Å². The Hall–Kier alpha value is -4.52. The summed E-state index contributed by atoms with van der Waals surface area (Å²) in [6, 6.07) is 20.6. The smallest absolute Gasteiger partial charge is 0.319 e. The molecular weight excluding hydrogens is 623 g/mol. The van der Waals surface area contributed by atoms with Gasteiger partial charge in [-0.2, -0.15) is 0 Å². The van der Waals surface area contributed by atoms with Crippen molar-refractivity contribution in [2.45, 2.75) is 13.2 Å². The number of esters is 1. The topological polar surface area (TPSA) is 124 Å². The Morgan fingerprint density at radius 3 is 2.67 bits per heavy atom. The second kappa shape index (κ2) is 14.1. The highest BCUT2D eigenvalue weighted by Gasteiger charge is 2.17. The van der Waals surface area contributed by atoms with E-state index in [1.54, 1.807) is 41.3 Å². The molecule has 10 nitrogen and oxygen atoms in total. The molecule has 0 aliphatic heterocycles. The fraction of sp³-hybridized carbons (Fsp3) is 0.219. The molecule has 0 amide bonds. The van der Waals surface area contributed by atoms with Crippen molar-refractivity contribution in [2.75, 3.05) is 37.5 Å². The summed E-state index contributed by atoms with van der Waals surface area (Å²) in [4.78, 5) is 22.4. The molecule has 0 radical (unpaired) electrons. The van der Waals surface area contributed by atoms with Gasteiger partial charge in [-0.05, 0) is 66.2 Å². The summed E-state index contributed by atoms with van der Waals surface area (Å²) in [6.07, 6.45) is 2.61. The summed E-state index contributed by atoms with van der Waals surface area (Å²) in [5.74, 6) is 1.22. The average Bonchev–Trinajstić information content (AvgIpc) is 3.47. The van der Waals surface area contributed by atoms with Crippen molar-refractivity contribution < 1.29 is 31.5 Å². The van der Waals surface area contributed by atoms with Crippen LogP contribution in [0.4, 0.5) is 15.9 Å². The lowest BCUT2D eigenvalue weighted by Gasteiger charge is -2.19. The fourth-order valence-electron chi connectivity index (χ4n) is 4.52. The number of ether oxygens (including phenoxy) is 2. The molecule has 234 valence electrons. The predicted molar refractivity (Wildman–Crippen MR) is 170 cm³/mol. The lowest BCUT2D eigenvalue weighted by atomic mass is 10.1. The SMILES string of the molecule is COC(=O)CN(CCS(C)(=O)=O)Cc1ccc(-c2ccc3ncnc(Nc4ccc(OCc5cccc(F)c5)c(Cl)c4)c3c2)o1. The molecule has 0 spiro atoms. The Kier molecular flexibility index (Phi) is 9.96. The van der Waals surface area contributed by atoms with Crippen LogP contribution >= 0.6 is 11.6 Å². The molecule has 0 aliphatic carbocycles. The number of sulfone groups is 1. The summed E-state index contributed by atoms with van der Waals surface area (Å²) in [6.45, 7) is 0.462. The van der Waals surface area contributed by atoms with Gasteiger partial charge in [-0.25, -0.2) is 22.8 Å². The van der Waals surface area contributed by atoms with Crippen molar-refractivity contribution in [3.05, 3.63) is 101 Å². The van der Waals surface area contributed by atoms with E-state index in [1.807, 2.05) is 24.3 Å². The molecule has 0 saturated carbocycles. The maximum absolute atomic E-state index is 13.5. The third-order valence-corrected chi connectivity index (χ3v) is 8.02. The summed E-state index contributed by atoms with van der Waals surface area (Å²) >= 11 is 6.49. The number of nitrogens with one attached hydrogen (secondary N) is 1. The number of benzene rings is 3. The zero-order valence-corrected chi connectivity index (χ0v) is 26.1. The number of nitrogens with zero attached hydrogens (tertiary/aromatic N) is 3. The number of methoxy groups -OCH3 is 1. The molecule has 1 N–H and O–H groups in total. The average molecular weight is 653 g/mol. The maximum Gasteiger partial charge on any atom is 0.319 e. The van der Waals surface area contributed by atoms with Crippen molar-refractivity contribution in [1.82, 2.24) is 14.9 Å². The number of anilines is 2. The molecule has 2 heterocycles. The summed E-state index contributed by atoms with van der Waals surface area (Å²) in [5.41, 5.74) is 2.82. The van der Waals surface area contributed by atoms with Gasteiger partial charge < -0.3 is 19.2 Å². The van der Waals surface area contributed by atoms with Gasteiger partial charge in [0.05, 0.1) is 36.5 Å². The van der Waals surface area contributed by atoms with Gasteiger partial charge in [-0.1, -0.05) is 23.7 Å². The zero-order valence-electron chi connectivity index (χ0n) is 24.5. The van der Waals surface area contributed by atoms with E-state index in [2.05, 4.69) is 15.3 Å². The third kappa shape index (κ3) is 8.78. The molecule has 5 rings (SSSR count). The maximum atomic E-state index is 13.5. The molecular formula is C32H30ClFN4O6S. The van der Waals surface area contributed by atoms with E-state index in [-0.39, 0.29) is 37.8 Å². The van der Waals surface area contributed by atoms with E-state index in [9.17, 15) is 17.6 Å². The molecule has 0 saturated heterocycles. The van der Waals surface area contributed by atoms with Gasteiger partial charge in [0.2, 0.25) is 0 Å². The molecule has 0 aliphatic rings.